The van der Waals surface area contributed by atoms with Gasteiger partial charge < -0.3 is 10.3 Å². The number of hydrogen-bond donors (Lipinski definition) is 2. The molecule has 24 heavy (non-hydrogen) atoms. The van der Waals surface area contributed by atoms with E-state index in [9.17, 15) is 9.59 Å². The molecule has 7 heteroatoms. The average Bonchev–Trinajstić information content (AvgIpc) is 3.15. The standard InChI is InChI=1S/C17H21N5O2/c1-3-5-6-8-22-16(23)12-9-19-14-11-21(17(24)18-7-4-2)10-13(14)15(12)20-22/h4,9-11,19H,2-3,5-8H2,1H3,(H,18,24). The first kappa shape index (κ1) is 16.0. The van der Waals surface area contributed by atoms with E-state index in [4.69, 9.17) is 0 Å². The van der Waals surface area contributed by atoms with Crippen LogP contribution in [0.5, 0.6) is 0 Å². The highest BCUT2D eigenvalue weighted by atomic mass is 16.2. The lowest BCUT2D eigenvalue weighted by Gasteiger charge is -2.01. The third kappa shape index (κ3) is 2.84. The summed E-state index contributed by atoms with van der Waals surface area (Å²) in [5, 5.41) is 7.94. The van der Waals surface area contributed by atoms with Gasteiger partial charge in [-0.15, -0.1) is 6.58 Å². The highest BCUT2D eigenvalue weighted by Crippen LogP contribution is 2.25. The van der Waals surface area contributed by atoms with Crippen molar-refractivity contribution in [3.05, 3.63) is 41.6 Å². The molecule has 1 aromatic heterocycles. The summed E-state index contributed by atoms with van der Waals surface area (Å²) in [7, 11) is 0. The SMILES string of the molecule is C=CCNC(=O)n1cc2[nH]cc3c(=O)n(CCCCC)nc-3c2c1. The van der Waals surface area contributed by atoms with Gasteiger partial charge in [0.2, 0.25) is 0 Å². The van der Waals surface area contributed by atoms with E-state index in [0.29, 0.717) is 24.3 Å². The van der Waals surface area contributed by atoms with Gasteiger partial charge in [-0.25, -0.2) is 9.48 Å². The van der Waals surface area contributed by atoms with Gasteiger partial charge in [-0.3, -0.25) is 9.36 Å². The molecule has 0 bridgehead atoms. The number of aromatic nitrogens is 4. The first-order valence-corrected chi connectivity index (χ1v) is 8.14. The minimum absolute atomic E-state index is 0.0943. The van der Waals surface area contributed by atoms with Gasteiger partial charge in [-0.05, 0) is 6.42 Å². The van der Waals surface area contributed by atoms with Crippen LogP contribution in [-0.4, -0.2) is 31.9 Å². The fourth-order valence-electron chi connectivity index (χ4n) is 2.73. The van der Waals surface area contributed by atoms with Gasteiger partial charge in [0.25, 0.3) is 5.56 Å². The molecule has 2 aliphatic rings. The van der Waals surface area contributed by atoms with E-state index in [1.807, 2.05) is 0 Å². The molecule has 0 fully saturated rings. The van der Waals surface area contributed by atoms with Gasteiger partial charge >= 0.3 is 6.03 Å². The van der Waals surface area contributed by atoms with Crippen molar-refractivity contribution in [3.63, 3.8) is 0 Å². The van der Waals surface area contributed by atoms with Gasteiger partial charge in [-0.2, -0.15) is 5.10 Å². The van der Waals surface area contributed by atoms with Crippen LogP contribution < -0.4 is 10.9 Å². The van der Waals surface area contributed by atoms with Crippen molar-refractivity contribution >= 4 is 16.9 Å². The third-order valence-electron chi connectivity index (χ3n) is 4.00. The lowest BCUT2D eigenvalue weighted by atomic mass is 10.1. The Morgan fingerprint density at radius 3 is 3.00 bits per heavy atom. The minimum atomic E-state index is -0.252. The molecule has 2 aliphatic heterocycles. The fraction of sp³-hybridized carbons (Fsp3) is 0.353. The molecule has 0 aliphatic carbocycles. The summed E-state index contributed by atoms with van der Waals surface area (Å²) in [6.45, 7) is 6.70. The first-order chi connectivity index (χ1) is 11.7. The monoisotopic (exact) mass is 327 g/mol. The number of carbonyl (C=O) groups is 1. The molecule has 1 amide bonds. The van der Waals surface area contributed by atoms with Gasteiger partial charge in [0, 0.05) is 37.1 Å². The Labute approximate surface area is 139 Å². The molecule has 1 aromatic rings. The number of pyridine rings is 1. The summed E-state index contributed by atoms with van der Waals surface area (Å²) in [5.74, 6) is 0. The van der Waals surface area contributed by atoms with Crippen LogP contribution in [0.3, 0.4) is 0 Å². The van der Waals surface area contributed by atoms with Gasteiger partial charge in [0.05, 0.1) is 11.1 Å². The molecule has 126 valence electrons. The Hall–Kier alpha value is -2.83. The van der Waals surface area contributed by atoms with Crippen molar-refractivity contribution in [2.45, 2.75) is 32.7 Å². The van der Waals surface area contributed by atoms with Crippen molar-refractivity contribution in [1.82, 2.24) is 24.6 Å². The number of amides is 1. The molecule has 0 saturated carbocycles. The van der Waals surface area contributed by atoms with Crippen molar-refractivity contribution < 1.29 is 4.79 Å². The lowest BCUT2D eigenvalue weighted by molar-refractivity contribution is 0.243. The molecule has 0 atom stereocenters. The highest BCUT2D eigenvalue weighted by molar-refractivity contribution is 5.95. The molecular weight excluding hydrogens is 306 g/mol. The number of fused-ring (bicyclic) bond motifs is 3. The molecule has 7 nitrogen and oxygen atoms in total. The predicted octanol–water partition coefficient (Wildman–Crippen LogP) is 2.56. The smallest absolute Gasteiger partial charge is 0.325 e. The van der Waals surface area contributed by atoms with Crippen LogP contribution in [0.1, 0.15) is 26.2 Å². The van der Waals surface area contributed by atoms with E-state index in [1.54, 1.807) is 24.7 Å². The van der Waals surface area contributed by atoms with Crippen LogP contribution in [0.15, 0.2) is 36.0 Å². The second-order valence-electron chi connectivity index (χ2n) is 5.75. The van der Waals surface area contributed by atoms with Crippen molar-refractivity contribution in [1.29, 1.82) is 0 Å². The normalized spacial score (nSPS) is 11.2. The van der Waals surface area contributed by atoms with Crippen molar-refractivity contribution in [2.24, 2.45) is 0 Å². The fourth-order valence-corrected chi connectivity index (χ4v) is 2.73. The summed E-state index contributed by atoms with van der Waals surface area (Å²) < 4.78 is 2.97. The van der Waals surface area contributed by atoms with Gasteiger partial charge in [-0.1, -0.05) is 25.8 Å². The molecule has 0 aromatic carbocycles. The topological polar surface area (TPSA) is 84.7 Å². The maximum absolute atomic E-state index is 12.4. The van der Waals surface area contributed by atoms with Crippen molar-refractivity contribution in [3.8, 4) is 11.3 Å². The summed E-state index contributed by atoms with van der Waals surface area (Å²) in [6, 6.07) is -0.252. The summed E-state index contributed by atoms with van der Waals surface area (Å²) in [5.41, 5.74) is 1.83. The number of nitrogens with one attached hydrogen (secondary N) is 2. The molecule has 0 spiro atoms. The largest absolute Gasteiger partial charge is 0.359 e. The Kier molecular flexibility index (Phi) is 4.50. The predicted molar refractivity (Wildman–Crippen MR) is 93.5 cm³/mol. The second-order valence-corrected chi connectivity index (χ2v) is 5.75. The number of rotatable bonds is 6. The van der Waals surface area contributed by atoms with Crippen LogP contribution in [0.4, 0.5) is 4.79 Å². The Morgan fingerprint density at radius 2 is 2.25 bits per heavy atom. The molecular formula is C17H21N5O2. The number of nitrogens with zero attached hydrogens (tertiary/aromatic N) is 3. The van der Waals surface area contributed by atoms with E-state index >= 15 is 0 Å². The number of carbonyl (C=O) groups excluding carboxylic acids is 1. The Morgan fingerprint density at radius 1 is 1.42 bits per heavy atom. The zero-order valence-corrected chi connectivity index (χ0v) is 13.7. The lowest BCUT2D eigenvalue weighted by Crippen LogP contribution is -2.27. The molecule has 0 unspecified atom stereocenters. The Bertz CT molecular complexity index is 902. The van der Waals surface area contributed by atoms with Crippen molar-refractivity contribution in [2.75, 3.05) is 6.54 Å². The number of H-pyrrole nitrogens is 1. The third-order valence-corrected chi connectivity index (χ3v) is 4.00. The van der Waals surface area contributed by atoms with E-state index in [1.165, 1.54) is 9.25 Å². The first-order valence-electron chi connectivity index (χ1n) is 8.14. The zero-order valence-electron chi connectivity index (χ0n) is 13.7. The highest BCUT2D eigenvalue weighted by Gasteiger charge is 2.19. The Balaban J connectivity index is 1.98. The zero-order chi connectivity index (χ0) is 17.1. The van der Waals surface area contributed by atoms with E-state index in [2.05, 4.69) is 28.9 Å². The average molecular weight is 327 g/mol. The maximum atomic E-state index is 12.4. The minimum Gasteiger partial charge on any atom is -0.359 e. The molecule has 3 heterocycles. The van der Waals surface area contributed by atoms with Crippen LogP contribution in [-0.2, 0) is 6.54 Å². The van der Waals surface area contributed by atoms with Crippen LogP contribution in [0.25, 0.3) is 22.2 Å². The number of hydrogen-bond acceptors (Lipinski definition) is 3. The molecule has 2 N–H and O–H groups in total. The van der Waals surface area contributed by atoms with Crippen LogP contribution in [0.2, 0.25) is 0 Å². The van der Waals surface area contributed by atoms with Crippen LogP contribution >= 0.6 is 0 Å². The molecule has 0 saturated heterocycles. The number of aryl methyl sites for hydroxylation is 1. The summed E-state index contributed by atoms with van der Waals surface area (Å²) in [4.78, 5) is 27.6. The van der Waals surface area contributed by atoms with E-state index in [0.717, 1.165) is 30.2 Å². The maximum Gasteiger partial charge on any atom is 0.325 e. The number of unbranched alkanes of at least 4 members (excludes halogenated alkanes) is 2. The second kappa shape index (κ2) is 6.74. The van der Waals surface area contributed by atoms with Crippen LogP contribution in [0, 0.1) is 0 Å². The van der Waals surface area contributed by atoms with Gasteiger partial charge in [0.1, 0.15) is 5.69 Å². The van der Waals surface area contributed by atoms with E-state index < -0.39 is 0 Å². The summed E-state index contributed by atoms with van der Waals surface area (Å²) in [6.07, 6.45) is 9.75. The van der Waals surface area contributed by atoms with E-state index in [-0.39, 0.29) is 11.6 Å². The number of aromatic amines is 1. The quantitative estimate of drug-likeness (QED) is 0.539. The van der Waals surface area contributed by atoms with Gasteiger partial charge in [0.15, 0.2) is 0 Å². The molecule has 3 rings (SSSR count). The summed E-state index contributed by atoms with van der Waals surface area (Å²) >= 11 is 0. The molecule has 0 radical (unpaired) electrons.